The number of likely N-dealkylation sites (tertiary alicyclic amines) is 1. The molecule has 0 saturated carbocycles. The van der Waals surface area contributed by atoms with E-state index in [0.29, 0.717) is 51.3 Å². The van der Waals surface area contributed by atoms with E-state index in [1.54, 1.807) is 6.33 Å². The number of nitrogens with one attached hydrogen (secondary N) is 1. The molecule has 5 rings (SSSR count). The van der Waals surface area contributed by atoms with Crippen molar-refractivity contribution < 1.29 is 14.3 Å². The molecule has 0 bridgehead atoms. The van der Waals surface area contributed by atoms with Crippen molar-refractivity contribution in [2.24, 2.45) is 5.92 Å². The fourth-order valence-corrected chi connectivity index (χ4v) is 4.90. The molecule has 1 N–H and O–H groups in total. The third kappa shape index (κ3) is 5.30. The first-order chi connectivity index (χ1) is 17.1. The SMILES string of the molecule is Cc1ccc(C2Cn3cnc(C(=O)N4CCC(C(=O)NCCc5ccccc5)CC4)c3CO2)cc1. The topological polar surface area (TPSA) is 76.5 Å². The number of hydrogen-bond acceptors (Lipinski definition) is 4. The first-order valence-electron chi connectivity index (χ1n) is 12.4. The molecule has 7 heteroatoms. The Morgan fingerprint density at radius 2 is 1.80 bits per heavy atom. The molecular weight excluding hydrogens is 440 g/mol. The second-order valence-corrected chi connectivity index (χ2v) is 9.50. The number of rotatable bonds is 6. The van der Waals surface area contributed by atoms with E-state index in [-0.39, 0.29) is 23.8 Å². The molecule has 2 aliphatic rings. The molecule has 1 atom stereocenters. The Hall–Kier alpha value is -3.45. The summed E-state index contributed by atoms with van der Waals surface area (Å²) in [5.74, 6) is -0.0358. The fraction of sp³-hybridized carbons (Fsp3) is 0.393. The summed E-state index contributed by atoms with van der Waals surface area (Å²) >= 11 is 0. The number of nitrogens with zero attached hydrogens (tertiary/aromatic N) is 3. The summed E-state index contributed by atoms with van der Waals surface area (Å²) in [5, 5.41) is 3.06. The Morgan fingerprint density at radius 1 is 1.06 bits per heavy atom. The number of carbonyl (C=O) groups is 2. The zero-order chi connectivity index (χ0) is 24.2. The fourth-order valence-electron chi connectivity index (χ4n) is 4.90. The van der Waals surface area contributed by atoms with E-state index in [0.717, 1.165) is 17.7 Å². The van der Waals surface area contributed by atoms with E-state index in [1.807, 2.05) is 27.7 Å². The highest BCUT2D eigenvalue weighted by Gasteiger charge is 2.32. The van der Waals surface area contributed by atoms with Gasteiger partial charge in [0.25, 0.3) is 5.91 Å². The zero-order valence-electron chi connectivity index (χ0n) is 20.2. The van der Waals surface area contributed by atoms with Gasteiger partial charge in [-0.05, 0) is 37.3 Å². The molecule has 0 aliphatic carbocycles. The van der Waals surface area contributed by atoms with E-state index in [9.17, 15) is 9.59 Å². The van der Waals surface area contributed by atoms with E-state index in [2.05, 4.69) is 53.6 Å². The van der Waals surface area contributed by atoms with Crippen molar-refractivity contribution in [3.63, 3.8) is 0 Å². The van der Waals surface area contributed by atoms with Crippen LogP contribution in [0.1, 0.15) is 51.8 Å². The van der Waals surface area contributed by atoms with Gasteiger partial charge in [0.05, 0.1) is 25.2 Å². The van der Waals surface area contributed by atoms with Crippen LogP contribution in [0, 0.1) is 12.8 Å². The molecule has 182 valence electrons. The Morgan fingerprint density at radius 3 is 2.54 bits per heavy atom. The Bertz CT molecular complexity index is 1160. The van der Waals surface area contributed by atoms with Crippen LogP contribution in [0.2, 0.25) is 0 Å². The number of imidazole rings is 1. The van der Waals surface area contributed by atoms with Gasteiger partial charge in [-0.25, -0.2) is 4.98 Å². The number of fused-ring (bicyclic) bond motifs is 1. The average molecular weight is 473 g/mol. The molecule has 0 spiro atoms. The third-order valence-electron chi connectivity index (χ3n) is 7.09. The molecule has 1 unspecified atom stereocenters. The summed E-state index contributed by atoms with van der Waals surface area (Å²) in [6, 6.07) is 18.5. The van der Waals surface area contributed by atoms with Gasteiger partial charge in [0.15, 0.2) is 5.69 Å². The Labute approximate surface area is 206 Å². The minimum absolute atomic E-state index is 0.0450. The first-order valence-corrected chi connectivity index (χ1v) is 12.4. The Balaban J connectivity index is 1.13. The van der Waals surface area contributed by atoms with Crippen molar-refractivity contribution in [2.75, 3.05) is 19.6 Å². The molecule has 1 aromatic heterocycles. The molecule has 2 aliphatic heterocycles. The van der Waals surface area contributed by atoms with Gasteiger partial charge in [-0.1, -0.05) is 60.2 Å². The second-order valence-electron chi connectivity index (χ2n) is 9.50. The van der Waals surface area contributed by atoms with Gasteiger partial charge in [0, 0.05) is 25.6 Å². The normalized spacial score (nSPS) is 18.2. The largest absolute Gasteiger partial charge is 0.365 e. The number of amides is 2. The summed E-state index contributed by atoms with van der Waals surface area (Å²) in [7, 11) is 0. The van der Waals surface area contributed by atoms with Gasteiger partial charge in [-0.3, -0.25) is 9.59 Å². The van der Waals surface area contributed by atoms with E-state index in [4.69, 9.17) is 4.74 Å². The molecule has 2 aromatic carbocycles. The monoisotopic (exact) mass is 472 g/mol. The highest BCUT2D eigenvalue weighted by atomic mass is 16.5. The number of ether oxygens (including phenoxy) is 1. The van der Waals surface area contributed by atoms with Crippen LogP contribution < -0.4 is 5.32 Å². The lowest BCUT2D eigenvalue weighted by atomic mass is 9.95. The van der Waals surface area contributed by atoms with E-state index in [1.165, 1.54) is 11.1 Å². The highest BCUT2D eigenvalue weighted by Crippen LogP contribution is 2.29. The molecular formula is C28H32N4O3. The molecule has 2 amide bonds. The van der Waals surface area contributed by atoms with E-state index >= 15 is 0 Å². The summed E-state index contributed by atoms with van der Waals surface area (Å²) in [4.78, 5) is 32.1. The lowest BCUT2D eigenvalue weighted by molar-refractivity contribution is -0.126. The van der Waals surface area contributed by atoms with Crippen LogP contribution >= 0.6 is 0 Å². The first kappa shape index (κ1) is 23.3. The summed E-state index contributed by atoms with van der Waals surface area (Å²) in [6.45, 7) is 4.83. The lowest BCUT2D eigenvalue weighted by Gasteiger charge is -2.31. The van der Waals surface area contributed by atoms with Gasteiger partial charge in [-0.15, -0.1) is 0 Å². The van der Waals surface area contributed by atoms with Crippen molar-refractivity contribution in [1.82, 2.24) is 19.8 Å². The predicted molar refractivity (Wildman–Crippen MR) is 133 cm³/mol. The van der Waals surface area contributed by atoms with Gasteiger partial charge in [0.2, 0.25) is 5.91 Å². The van der Waals surface area contributed by atoms with Crippen LogP contribution in [0.15, 0.2) is 60.9 Å². The number of hydrogen-bond donors (Lipinski definition) is 1. The average Bonchev–Trinajstić information content (AvgIpc) is 3.33. The van der Waals surface area contributed by atoms with Crippen LogP contribution in [0.25, 0.3) is 0 Å². The molecule has 3 heterocycles. The molecule has 0 radical (unpaired) electrons. The summed E-state index contributed by atoms with van der Waals surface area (Å²) in [6.07, 6.45) is 3.87. The Kier molecular flexibility index (Phi) is 6.95. The molecule has 7 nitrogen and oxygen atoms in total. The maximum Gasteiger partial charge on any atom is 0.274 e. The van der Waals surface area contributed by atoms with Crippen molar-refractivity contribution in [3.8, 4) is 0 Å². The van der Waals surface area contributed by atoms with Crippen molar-refractivity contribution in [1.29, 1.82) is 0 Å². The zero-order valence-corrected chi connectivity index (χ0v) is 20.2. The van der Waals surface area contributed by atoms with Crippen molar-refractivity contribution >= 4 is 11.8 Å². The van der Waals surface area contributed by atoms with Crippen LogP contribution in [-0.4, -0.2) is 45.9 Å². The summed E-state index contributed by atoms with van der Waals surface area (Å²) in [5.41, 5.74) is 4.86. The van der Waals surface area contributed by atoms with E-state index < -0.39 is 0 Å². The molecule has 3 aromatic rings. The molecule has 1 fully saturated rings. The van der Waals surface area contributed by atoms with Gasteiger partial charge >= 0.3 is 0 Å². The van der Waals surface area contributed by atoms with Crippen LogP contribution in [0.3, 0.4) is 0 Å². The predicted octanol–water partition coefficient (Wildman–Crippen LogP) is 3.67. The number of piperidine rings is 1. The van der Waals surface area contributed by atoms with Gasteiger partial charge in [-0.2, -0.15) is 0 Å². The third-order valence-corrected chi connectivity index (χ3v) is 7.09. The lowest BCUT2D eigenvalue weighted by Crippen LogP contribution is -2.43. The van der Waals surface area contributed by atoms with Crippen molar-refractivity contribution in [3.05, 3.63) is 89.0 Å². The van der Waals surface area contributed by atoms with Crippen LogP contribution in [-0.2, 0) is 29.1 Å². The minimum atomic E-state index is -0.0703. The quantitative estimate of drug-likeness (QED) is 0.594. The number of benzene rings is 2. The standard InChI is InChI=1S/C28H32N4O3/c1-20-7-9-22(10-8-20)25-17-32-19-30-26(24(32)18-35-25)28(34)31-15-12-23(13-16-31)27(33)29-14-11-21-5-3-2-4-6-21/h2-10,19,23,25H,11-18H2,1H3,(H,29,33). The molecule has 1 saturated heterocycles. The van der Waals surface area contributed by atoms with Crippen LogP contribution in [0.4, 0.5) is 0 Å². The number of aryl methyl sites for hydroxylation is 1. The van der Waals surface area contributed by atoms with Crippen LogP contribution in [0.5, 0.6) is 0 Å². The van der Waals surface area contributed by atoms with Crippen molar-refractivity contribution in [2.45, 2.75) is 45.4 Å². The maximum absolute atomic E-state index is 13.2. The summed E-state index contributed by atoms with van der Waals surface area (Å²) < 4.78 is 8.14. The highest BCUT2D eigenvalue weighted by molar-refractivity contribution is 5.93. The number of aromatic nitrogens is 2. The maximum atomic E-state index is 13.2. The minimum Gasteiger partial charge on any atom is -0.365 e. The molecule has 35 heavy (non-hydrogen) atoms. The number of carbonyl (C=O) groups excluding carboxylic acids is 2. The van der Waals surface area contributed by atoms with Gasteiger partial charge in [0.1, 0.15) is 6.10 Å². The smallest absolute Gasteiger partial charge is 0.274 e. The van der Waals surface area contributed by atoms with Gasteiger partial charge < -0.3 is 19.5 Å². The second kappa shape index (κ2) is 10.4.